The largest absolute Gasteiger partial charge is 0.495 e. The van der Waals surface area contributed by atoms with E-state index in [2.05, 4.69) is 22.2 Å². The first-order chi connectivity index (χ1) is 11.2. The Balaban J connectivity index is 1.69. The van der Waals surface area contributed by atoms with Crippen LogP contribution in [-0.2, 0) is 11.2 Å². The van der Waals surface area contributed by atoms with Gasteiger partial charge < -0.3 is 9.64 Å². The lowest BCUT2D eigenvalue weighted by Gasteiger charge is -2.31. The van der Waals surface area contributed by atoms with Gasteiger partial charge in [0, 0.05) is 32.2 Å². The number of nitrogens with zero attached hydrogens (tertiary/aromatic N) is 3. The molecule has 0 aliphatic carbocycles. The molecule has 0 fully saturated rings. The molecule has 0 aromatic heterocycles. The van der Waals surface area contributed by atoms with Crippen molar-refractivity contribution in [2.75, 3.05) is 18.6 Å². The molecule has 120 valence electrons. The number of carbonyl (C=O) groups excluding carboxylic acids is 1. The van der Waals surface area contributed by atoms with E-state index in [0.717, 1.165) is 37.2 Å². The summed E-state index contributed by atoms with van der Waals surface area (Å²) in [6.07, 6.45) is 9.69. The van der Waals surface area contributed by atoms with Crippen molar-refractivity contribution in [2.45, 2.75) is 44.2 Å². The maximum absolute atomic E-state index is 12.7. The highest BCUT2D eigenvalue weighted by atomic mass is 16.5. The SMILES string of the molecule is C#CCCC1(CCC(=O)N2CCCc3cccc(OC)c32)N=N1. The normalized spacial score (nSPS) is 17.3. The molecule has 0 radical (unpaired) electrons. The second-order valence-electron chi connectivity index (χ2n) is 6.00. The van der Waals surface area contributed by atoms with Crippen LogP contribution in [0.25, 0.3) is 0 Å². The van der Waals surface area contributed by atoms with Crippen LogP contribution in [0.1, 0.15) is 37.7 Å². The molecule has 0 bridgehead atoms. The third-order valence-corrected chi connectivity index (χ3v) is 4.49. The van der Waals surface area contributed by atoms with Crippen LogP contribution in [0.5, 0.6) is 5.75 Å². The summed E-state index contributed by atoms with van der Waals surface area (Å²) >= 11 is 0. The van der Waals surface area contributed by atoms with E-state index in [1.807, 2.05) is 17.0 Å². The molecule has 2 heterocycles. The van der Waals surface area contributed by atoms with Crippen LogP contribution in [-0.4, -0.2) is 25.2 Å². The number of anilines is 1. The van der Waals surface area contributed by atoms with Gasteiger partial charge >= 0.3 is 0 Å². The Kier molecular flexibility index (Phi) is 4.33. The summed E-state index contributed by atoms with van der Waals surface area (Å²) in [5.74, 6) is 3.48. The van der Waals surface area contributed by atoms with Crippen molar-refractivity contribution in [2.24, 2.45) is 10.2 Å². The fraction of sp³-hybridized carbons (Fsp3) is 0.500. The van der Waals surface area contributed by atoms with Gasteiger partial charge in [-0.05, 0) is 24.5 Å². The Morgan fingerprint density at radius 3 is 2.96 bits per heavy atom. The zero-order valence-electron chi connectivity index (χ0n) is 13.4. The molecule has 2 aliphatic rings. The first-order valence-electron chi connectivity index (χ1n) is 8.03. The summed E-state index contributed by atoms with van der Waals surface area (Å²) in [6.45, 7) is 0.734. The summed E-state index contributed by atoms with van der Waals surface area (Å²) in [6, 6.07) is 5.95. The van der Waals surface area contributed by atoms with Crippen LogP contribution in [0.15, 0.2) is 28.4 Å². The number of para-hydroxylation sites is 1. The summed E-state index contributed by atoms with van der Waals surface area (Å²) in [4.78, 5) is 14.6. The van der Waals surface area contributed by atoms with Gasteiger partial charge in [0.05, 0.1) is 12.8 Å². The average molecular weight is 311 g/mol. The Morgan fingerprint density at radius 2 is 2.26 bits per heavy atom. The van der Waals surface area contributed by atoms with Gasteiger partial charge in [0.2, 0.25) is 5.91 Å². The molecule has 3 rings (SSSR count). The molecule has 5 nitrogen and oxygen atoms in total. The molecule has 0 unspecified atom stereocenters. The van der Waals surface area contributed by atoms with E-state index in [4.69, 9.17) is 11.2 Å². The van der Waals surface area contributed by atoms with Gasteiger partial charge in [-0.2, -0.15) is 10.2 Å². The van der Waals surface area contributed by atoms with Gasteiger partial charge in [-0.1, -0.05) is 12.1 Å². The van der Waals surface area contributed by atoms with Crippen molar-refractivity contribution >= 4 is 11.6 Å². The molecule has 0 atom stereocenters. The fourth-order valence-corrected chi connectivity index (χ4v) is 3.14. The van der Waals surface area contributed by atoms with Crippen LogP contribution < -0.4 is 9.64 Å². The number of ether oxygens (including phenoxy) is 1. The van der Waals surface area contributed by atoms with Gasteiger partial charge in [-0.25, -0.2) is 0 Å². The van der Waals surface area contributed by atoms with E-state index >= 15 is 0 Å². The Hall–Kier alpha value is -2.35. The van der Waals surface area contributed by atoms with E-state index < -0.39 is 5.66 Å². The van der Waals surface area contributed by atoms with Gasteiger partial charge in [0.25, 0.3) is 0 Å². The first-order valence-corrected chi connectivity index (χ1v) is 8.03. The predicted molar refractivity (Wildman–Crippen MR) is 88.6 cm³/mol. The standard InChI is InChI=1S/C18H21N3O2/c1-3-4-11-18(19-20-18)12-10-16(22)21-13-6-8-14-7-5-9-15(23-2)17(14)21/h1,5,7,9H,4,6,8,10-13H2,2H3. The predicted octanol–water partition coefficient (Wildman–Crippen LogP) is 3.33. The van der Waals surface area contributed by atoms with Crippen LogP contribution in [0, 0.1) is 12.3 Å². The molecule has 0 saturated heterocycles. The third kappa shape index (κ3) is 3.21. The molecule has 23 heavy (non-hydrogen) atoms. The van der Waals surface area contributed by atoms with Crippen molar-refractivity contribution < 1.29 is 9.53 Å². The molecule has 1 amide bonds. The smallest absolute Gasteiger partial charge is 0.227 e. The molecular formula is C18H21N3O2. The molecule has 0 N–H and O–H groups in total. The van der Waals surface area contributed by atoms with Crippen molar-refractivity contribution in [3.8, 4) is 18.1 Å². The summed E-state index contributed by atoms with van der Waals surface area (Å²) in [7, 11) is 1.64. The van der Waals surface area contributed by atoms with Crippen LogP contribution >= 0.6 is 0 Å². The van der Waals surface area contributed by atoms with Crippen molar-refractivity contribution in [1.29, 1.82) is 0 Å². The molecule has 1 aromatic rings. The quantitative estimate of drug-likeness (QED) is 0.757. The lowest BCUT2D eigenvalue weighted by atomic mass is 9.98. The first kappa shape index (κ1) is 15.5. The number of aryl methyl sites for hydroxylation is 1. The van der Waals surface area contributed by atoms with Crippen LogP contribution in [0.3, 0.4) is 0 Å². The molecule has 5 heteroatoms. The third-order valence-electron chi connectivity index (χ3n) is 4.49. The zero-order valence-corrected chi connectivity index (χ0v) is 13.4. The number of hydrogen-bond donors (Lipinski definition) is 0. The molecular weight excluding hydrogens is 290 g/mol. The number of hydrogen-bond acceptors (Lipinski definition) is 4. The van der Waals surface area contributed by atoms with E-state index in [-0.39, 0.29) is 5.91 Å². The number of fused-ring (bicyclic) bond motifs is 1. The Bertz CT molecular complexity index is 655. The minimum atomic E-state index is -0.401. The topological polar surface area (TPSA) is 54.3 Å². The van der Waals surface area contributed by atoms with Gasteiger partial charge in [-0.3, -0.25) is 4.79 Å². The molecule has 0 saturated carbocycles. The lowest BCUT2D eigenvalue weighted by molar-refractivity contribution is -0.119. The average Bonchev–Trinajstić information content (AvgIpc) is 3.37. The highest BCUT2D eigenvalue weighted by Crippen LogP contribution is 2.40. The maximum atomic E-state index is 12.7. The van der Waals surface area contributed by atoms with Gasteiger partial charge in [-0.15, -0.1) is 12.3 Å². The second-order valence-corrected chi connectivity index (χ2v) is 6.00. The zero-order chi connectivity index (χ0) is 16.3. The summed E-state index contributed by atoms with van der Waals surface area (Å²) < 4.78 is 5.45. The summed E-state index contributed by atoms with van der Waals surface area (Å²) in [5, 5.41) is 8.20. The van der Waals surface area contributed by atoms with Crippen LogP contribution in [0.4, 0.5) is 5.69 Å². The highest BCUT2D eigenvalue weighted by molar-refractivity contribution is 5.96. The Morgan fingerprint density at radius 1 is 1.43 bits per heavy atom. The summed E-state index contributed by atoms with van der Waals surface area (Å²) in [5.41, 5.74) is 1.70. The monoisotopic (exact) mass is 311 g/mol. The lowest BCUT2D eigenvalue weighted by Crippen LogP contribution is -2.36. The maximum Gasteiger partial charge on any atom is 0.227 e. The second kappa shape index (κ2) is 6.41. The number of terminal acetylenes is 1. The van der Waals surface area contributed by atoms with Crippen molar-refractivity contribution in [3.63, 3.8) is 0 Å². The number of benzene rings is 1. The van der Waals surface area contributed by atoms with Crippen LogP contribution in [0.2, 0.25) is 0 Å². The Labute approximate surface area is 136 Å². The number of methoxy groups -OCH3 is 1. The van der Waals surface area contributed by atoms with Crippen molar-refractivity contribution in [3.05, 3.63) is 23.8 Å². The van der Waals surface area contributed by atoms with E-state index in [9.17, 15) is 4.79 Å². The number of carbonyl (C=O) groups is 1. The minimum absolute atomic E-state index is 0.104. The number of rotatable bonds is 6. The van der Waals surface area contributed by atoms with E-state index in [0.29, 0.717) is 19.3 Å². The molecule has 1 aromatic carbocycles. The highest BCUT2D eigenvalue weighted by Gasteiger charge is 2.40. The molecule has 0 spiro atoms. The van der Waals surface area contributed by atoms with Gasteiger partial charge in [0.15, 0.2) is 5.66 Å². The van der Waals surface area contributed by atoms with Gasteiger partial charge in [0.1, 0.15) is 5.75 Å². The molecule has 2 aliphatic heterocycles. The minimum Gasteiger partial charge on any atom is -0.495 e. The van der Waals surface area contributed by atoms with E-state index in [1.165, 1.54) is 5.56 Å². The van der Waals surface area contributed by atoms with E-state index in [1.54, 1.807) is 7.11 Å². The van der Waals surface area contributed by atoms with Crippen molar-refractivity contribution in [1.82, 2.24) is 0 Å². The number of amides is 1. The fourth-order valence-electron chi connectivity index (χ4n) is 3.14.